The minimum atomic E-state index is -4.49. The smallest absolute Gasteiger partial charge is 0.335 e. The predicted molar refractivity (Wildman–Crippen MR) is 127 cm³/mol. The number of nitrogens with two attached hydrogens (primary N) is 1. The molecule has 36 heavy (non-hydrogen) atoms. The molecule has 1 unspecified atom stereocenters. The van der Waals surface area contributed by atoms with Crippen LogP contribution in [0.3, 0.4) is 0 Å². The number of aliphatic hydroxyl groups excluding tert-OH is 3. The Morgan fingerprint density at radius 2 is 1.89 bits per heavy atom. The molecule has 0 amide bonds. The van der Waals surface area contributed by atoms with E-state index >= 15 is 0 Å². The van der Waals surface area contributed by atoms with E-state index in [1.807, 2.05) is 6.92 Å². The summed E-state index contributed by atoms with van der Waals surface area (Å²) in [7, 11) is -4.49. The van der Waals surface area contributed by atoms with Crippen LogP contribution >= 0.6 is 0 Å². The number of para-hydroxylation sites is 1. The molecule has 4 atom stereocenters. The van der Waals surface area contributed by atoms with Gasteiger partial charge in [-0.25, -0.2) is 18.4 Å². The van der Waals surface area contributed by atoms with Crippen molar-refractivity contribution in [2.45, 2.75) is 48.8 Å². The van der Waals surface area contributed by atoms with E-state index in [1.165, 1.54) is 4.90 Å². The quantitative estimate of drug-likeness (QED) is 0.248. The van der Waals surface area contributed by atoms with E-state index in [0.29, 0.717) is 12.8 Å². The van der Waals surface area contributed by atoms with Gasteiger partial charge >= 0.3 is 5.97 Å². The summed E-state index contributed by atoms with van der Waals surface area (Å²) in [6, 6.07) is 10.1. The predicted octanol–water partition coefficient (Wildman–Crippen LogP) is 0.233. The van der Waals surface area contributed by atoms with Crippen molar-refractivity contribution in [3.05, 3.63) is 48.0 Å². The molecule has 0 aliphatic carbocycles. The number of ether oxygens (including phenoxy) is 2. The van der Waals surface area contributed by atoms with E-state index in [2.05, 4.69) is 0 Å². The van der Waals surface area contributed by atoms with Crippen LogP contribution in [0.4, 0.5) is 5.69 Å². The molecule has 1 heterocycles. The Morgan fingerprint density at radius 1 is 1.22 bits per heavy atom. The van der Waals surface area contributed by atoms with Gasteiger partial charge in [0.15, 0.2) is 5.75 Å². The molecule has 198 valence electrons. The molecule has 0 aromatic heterocycles. The number of aromatic carboxylic acids is 1. The molecule has 1 aliphatic rings. The summed E-state index contributed by atoms with van der Waals surface area (Å²) in [5, 5.41) is 56.5. The average Bonchev–Trinajstić information content (AvgIpc) is 2.83. The van der Waals surface area contributed by atoms with Gasteiger partial charge in [0.1, 0.15) is 29.0 Å². The lowest BCUT2D eigenvalue weighted by atomic mass is 9.96. The van der Waals surface area contributed by atoms with Crippen molar-refractivity contribution in [1.82, 2.24) is 0 Å². The largest absolute Gasteiger partial charge is 0.478 e. The zero-order valence-electron chi connectivity index (χ0n) is 19.5. The highest BCUT2D eigenvalue weighted by atomic mass is 32.2. The van der Waals surface area contributed by atoms with Crippen molar-refractivity contribution >= 4 is 21.7 Å². The Labute approximate surface area is 208 Å². The minimum absolute atomic E-state index is 0.0546. The van der Waals surface area contributed by atoms with Crippen LogP contribution in [0.2, 0.25) is 0 Å². The summed E-state index contributed by atoms with van der Waals surface area (Å²) in [6.45, 7) is 1.01. The van der Waals surface area contributed by atoms with Crippen LogP contribution < -0.4 is 14.8 Å². The monoisotopic (exact) mass is 526 g/mol. The second-order valence-corrected chi connectivity index (χ2v) is 10.1. The number of unbranched alkanes of at least 4 members (excludes halogenated alkanes) is 1. The fourth-order valence-corrected chi connectivity index (χ4v) is 4.50. The molecule has 0 bridgehead atoms. The van der Waals surface area contributed by atoms with Gasteiger partial charge in [-0.3, -0.25) is 0 Å². The number of nitrogens with zero attached hydrogens (tertiary/aromatic N) is 1. The fraction of sp³-hybridized carbons (Fsp3) is 0.435. The number of anilines is 1. The molecular formula is C23H30N2O10S. The Morgan fingerprint density at radius 3 is 2.47 bits per heavy atom. The van der Waals surface area contributed by atoms with Crippen molar-refractivity contribution in [1.29, 1.82) is 0 Å². The molecule has 0 saturated carbocycles. The first-order chi connectivity index (χ1) is 16.9. The normalized spacial score (nSPS) is 24.3. The fourth-order valence-electron chi connectivity index (χ4n) is 3.80. The van der Waals surface area contributed by atoms with Crippen LogP contribution in [0.5, 0.6) is 11.5 Å². The van der Waals surface area contributed by atoms with Gasteiger partial charge in [-0.15, -0.1) is 0 Å². The number of carboxylic acids is 1. The lowest BCUT2D eigenvalue weighted by Gasteiger charge is -2.44. The second kappa shape index (κ2) is 11.1. The number of carbonyl (C=O) groups is 1. The van der Waals surface area contributed by atoms with Gasteiger partial charge in [-0.05, 0) is 30.7 Å². The maximum absolute atomic E-state index is 12.5. The third-order valence-electron chi connectivity index (χ3n) is 5.78. The number of hydrogen-bond acceptors (Lipinski definition) is 10. The van der Waals surface area contributed by atoms with Crippen molar-refractivity contribution in [2.75, 3.05) is 24.6 Å². The van der Waals surface area contributed by atoms with Crippen LogP contribution in [0.25, 0.3) is 0 Å². The number of hydrogen-bond donors (Lipinski definition) is 6. The Kier molecular flexibility index (Phi) is 8.56. The molecule has 3 rings (SSSR count). The zero-order chi connectivity index (χ0) is 26.7. The molecule has 0 spiro atoms. The lowest BCUT2D eigenvalue weighted by Crippen LogP contribution is -2.64. The van der Waals surface area contributed by atoms with Crippen LogP contribution in [-0.2, 0) is 14.8 Å². The SMILES string of the molecule is CCCCN(CC1(O)OC[C@@H](O)[C@@H](O)[C@@H]1O)c1cc(C(=O)O)cc(S(N)(=O)=O)c1Oc1ccccc1. The van der Waals surface area contributed by atoms with E-state index in [4.69, 9.17) is 14.6 Å². The van der Waals surface area contributed by atoms with Gasteiger partial charge < -0.3 is 39.9 Å². The number of sulfonamides is 1. The van der Waals surface area contributed by atoms with Crippen LogP contribution in [0.15, 0.2) is 47.4 Å². The van der Waals surface area contributed by atoms with Crippen molar-refractivity contribution < 1.29 is 48.2 Å². The summed E-state index contributed by atoms with van der Waals surface area (Å²) in [5.41, 5.74) is -0.468. The minimum Gasteiger partial charge on any atom is -0.478 e. The maximum Gasteiger partial charge on any atom is 0.335 e. The molecule has 1 saturated heterocycles. The first-order valence-electron chi connectivity index (χ1n) is 11.2. The van der Waals surface area contributed by atoms with Gasteiger partial charge in [0.05, 0.1) is 24.4 Å². The summed E-state index contributed by atoms with van der Waals surface area (Å²) >= 11 is 0. The number of carboxylic acid groups (broad SMARTS) is 1. The number of benzene rings is 2. The molecule has 12 nitrogen and oxygen atoms in total. The molecule has 2 aromatic rings. The summed E-state index contributed by atoms with van der Waals surface area (Å²) < 4.78 is 36.2. The van der Waals surface area contributed by atoms with E-state index in [1.54, 1.807) is 30.3 Å². The van der Waals surface area contributed by atoms with Crippen LogP contribution in [-0.4, -0.2) is 83.7 Å². The summed E-state index contributed by atoms with van der Waals surface area (Å²) in [4.78, 5) is 12.6. The van der Waals surface area contributed by atoms with Crippen molar-refractivity contribution in [2.24, 2.45) is 5.14 Å². The topological polar surface area (TPSA) is 200 Å². The molecule has 13 heteroatoms. The number of aliphatic hydroxyl groups is 4. The molecule has 0 radical (unpaired) electrons. The maximum atomic E-state index is 12.5. The molecule has 2 aromatic carbocycles. The first kappa shape index (κ1) is 27.8. The highest BCUT2D eigenvalue weighted by Gasteiger charge is 2.49. The van der Waals surface area contributed by atoms with Crippen molar-refractivity contribution in [3.8, 4) is 11.5 Å². The zero-order valence-corrected chi connectivity index (χ0v) is 20.3. The van der Waals surface area contributed by atoms with E-state index in [9.17, 15) is 38.7 Å². The standard InChI is InChI=1S/C23H30N2O10S/c1-2-3-9-25(13-23(31)21(28)19(27)17(26)12-34-23)16-10-14(22(29)30)11-18(36(24,32)33)20(16)35-15-7-5-4-6-8-15/h4-8,10-11,17,19,21,26-28,31H,2-3,9,12-13H2,1H3,(H,29,30)(H2,24,32,33)/t17-,19-,21+,23?/m1/s1. The van der Waals surface area contributed by atoms with Crippen LogP contribution in [0.1, 0.15) is 30.1 Å². The highest BCUT2D eigenvalue weighted by molar-refractivity contribution is 7.89. The molecule has 1 fully saturated rings. The lowest BCUT2D eigenvalue weighted by molar-refractivity contribution is -0.315. The van der Waals surface area contributed by atoms with E-state index < -0.39 is 63.7 Å². The van der Waals surface area contributed by atoms with Gasteiger partial charge in [-0.1, -0.05) is 31.5 Å². The molecule has 1 aliphatic heterocycles. The van der Waals surface area contributed by atoms with Gasteiger partial charge in [0, 0.05) is 6.54 Å². The Balaban J connectivity index is 2.20. The third-order valence-corrected chi connectivity index (χ3v) is 6.69. The first-order valence-corrected chi connectivity index (χ1v) is 12.7. The molecule has 7 N–H and O–H groups in total. The third kappa shape index (κ3) is 6.13. The van der Waals surface area contributed by atoms with Crippen LogP contribution in [0, 0.1) is 0 Å². The van der Waals surface area contributed by atoms with E-state index in [-0.39, 0.29) is 23.7 Å². The highest BCUT2D eigenvalue weighted by Crippen LogP contribution is 2.40. The summed E-state index contributed by atoms with van der Waals surface area (Å²) in [5.74, 6) is -3.89. The van der Waals surface area contributed by atoms with Gasteiger partial charge in [0.25, 0.3) is 0 Å². The molecular weight excluding hydrogens is 496 g/mol. The second-order valence-electron chi connectivity index (χ2n) is 8.52. The van der Waals surface area contributed by atoms with Crippen molar-refractivity contribution in [3.63, 3.8) is 0 Å². The number of rotatable bonds is 10. The average molecular weight is 527 g/mol. The number of primary sulfonamides is 1. The summed E-state index contributed by atoms with van der Waals surface area (Å²) in [6.07, 6.45) is -3.92. The van der Waals surface area contributed by atoms with E-state index in [0.717, 1.165) is 12.1 Å². The van der Waals surface area contributed by atoms with Gasteiger partial charge in [-0.2, -0.15) is 0 Å². The Bertz CT molecular complexity index is 1180. The van der Waals surface area contributed by atoms with Gasteiger partial charge in [0.2, 0.25) is 15.8 Å². The Hall–Kier alpha value is -2.78.